The monoisotopic (exact) mass is 254 g/mol. The minimum absolute atomic E-state index is 0.116. The lowest BCUT2D eigenvalue weighted by Gasteiger charge is -2.40. The fourth-order valence-electron chi connectivity index (χ4n) is 1.89. The quantitative estimate of drug-likeness (QED) is 0.836. The van der Waals surface area contributed by atoms with Gasteiger partial charge in [-0.3, -0.25) is 0 Å². The minimum Gasteiger partial charge on any atom is -0.308 e. The molecule has 1 atom stereocenters. The molecule has 1 heterocycles. The summed E-state index contributed by atoms with van der Waals surface area (Å²) in [4.78, 5) is 3.77. The summed E-state index contributed by atoms with van der Waals surface area (Å²) in [6.07, 6.45) is 1.17. The first kappa shape index (κ1) is 14.7. The van der Waals surface area contributed by atoms with E-state index in [-0.39, 0.29) is 5.54 Å². The summed E-state index contributed by atoms with van der Waals surface area (Å²) in [6.45, 7) is 10.1. The van der Waals surface area contributed by atoms with Gasteiger partial charge in [-0.2, -0.15) is 0 Å². The molecule has 17 heavy (non-hydrogen) atoms. The van der Waals surface area contributed by atoms with Gasteiger partial charge in [0.25, 0.3) is 0 Å². The molecule has 1 N–H and O–H groups in total. The first-order chi connectivity index (χ1) is 7.91. The average molecular weight is 254 g/mol. The van der Waals surface area contributed by atoms with Crippen LogP contribution in [0.2, 0.25) is 0 Å². The van der Waals surface area contributed by atoms with Crippen molar-refractivity contribution in [3.63, 3.8) is 0 Å². The van der Waals surface area contributed by atoms with E-state index in [0.717, 1.165) is 6.54 Å². The molecule has 0 aliphatic heterocycles. The first-order valence-corrected chi connectivity index (χ1v) is 7.24. The zero-order valence-corrected chi connectivity index (χ0v) is 12.8. The van der Waals surface area contributed by atoms with E-state index in [1.54, 1.807) is 0 Å². The Labute approximate surface area is 110 Å². The summed E-state index contributed by atoms with van der Waals surface area (Å²) in [5, 5.41) is 5.89. The molecule has 0 saturated heterocycles. The topological polar surface area (TPSA) is 15.3 Å². The molecule has 1 aromatic rings. The van der Waals surface area contributed by atoms with Gasteiger partial charge >= 0.3 is 0 Å². The molecule has 0 saturated carbocycles. The minimum atomic E-state index is 0.116. The number of hydrogen-bond donors (Lipinski definition) is 1. The van der Waals surface area contributed by atoms with E-state index in [1.165, 1.54) is 16.9 Å². The molecular weight excluding hydrogens is 228 g/mol. The number of nitrogens with one attached hydrogen (secondary N) is 1. The Morgan fingerprint density at radius 1 is 1.41 bits per heavy atom. The van der Waals surface area contributed by atoms with Crippen LogP contribution >= 0.6 is 11.3 Å². The number of aryl methyl sites for hydroxylation is 1. The van der Waals surface area contributed by atoms with Crippen molar-refractivity contribution in [1.82, 2.24) is 10.2 Å². The molecule has 2 nitrogen and oxygen atoms in total. The smallest absolute Gasteiger partial charge is 0.0598 e. The molecule has 0 aromatic carbocycles. The van der Waals surface area contributed by atoms with Crippen molar-refractivity contribution < 1.29 is 0 Å². The standard InChI is InChI=1S/C14H26N2S/c1-7-9-15-13(14(3,4)16(5)6)12-11(2)8-10-17-12/h8,10,13,15H,7,9H2,1-6H3. The number of nitrogens with zero attached hydrogens (tertiary/aromatic N) is 1. The lowest BCUT2D eigenvalue weighted by molar-refractivity contribution is 0.139. The summed E-state index contributed by atoms with van der Waals surface area (Å²) < 4.78 is 0. The van der Waals surface area contributed by atoms with Gasteiger partial charge in [0.15, 0.2) is 0 Å². The maximum Gasteiger partial charge on any atom is 0.0598 e. The van der Waals surface area contributed by atoms with Crippen LogP contribution < -0.4 is 5.32 Å². The highest BCUT2D eigenvalue weighted by Gasteiger charge is 2.33. The van der Waals surface area contributed by atoms with Gasteiger partial charge in [0.2, 0.25) is 0 Å². The Morgan fingerprint density at radius 3 is 2.47 bits per heavy atom. The summed E-state index contributed by atoms with van der Waals surface area (Å²) in [6, 6.07) is 2.62. The Morgan fingerprint density at radius 2 is 2.06 bits per heavy atom. The normalized spacial score (nSPS) is 14.3. The SMILES string of the molecule is CCCNC(c1sccc1C)C(C)(C)N(C)C. The highest BCUT2D eigenvalue weighted by molar-refractivity contribution is 7.10. The third-order valence-electron chi connectivity index (χ3n) is 3.62. The zero-order valence-electron chi connectivity index (χ0n) is 12.0. The van der Waals surface area contributed by atoms with Gasteiger partial charge in [-0.25, -0.2) is 0 Å². The van der Waals surface area contributed by atoms with Crippen LogP contribution in [0, 0.1) is 6.92 Å². The van der Waals surface area contributed by atoms with Crippen LogP contribution in [0.15, 0.2) is 11.4 Å². The average Bonchev–Trinajstić information content (AvgIpc) is 2.65. The predicted molar refractivity (Wildman–Crippen MR) is 77.9 cm³/mol. The highest BCUT2D eigenvalue weighted by atomic mass is 32.1. The van der Waals surface area contributed by atoms with Crippen molar-refractivity contribution in [1.29, 1.82) is 0 Å². The third-order valence-corrected chi connectivity index (χ3v) is 4.71. The fraction of sp³-hybridized carbons (Fsp3) is 0.714. The lowest BCUT2D eigenvalue weighted by atomic mass is 9.90. The van der Waals surface area contributed by atoms with E-state index in [0.29, 0.717) is 6.04 Å². The Hall–Kier alpha value is -0.380. The van der Waals surface area contributed by atoms with E-state index in [1.807, 2.05) is 11.3 Å². The van der Waals surface area contributed by atoms with Crippen LogP contribution in [-0.4, -0.2) is 31.1 Å². The van der Waals surface area contributed by atoms with Crippen molar-refractivity contribution in [2.45, 2.75) is 45.7 Å². The van der Waals surface area contributed by atoms with E-state index < -0.39 is 0 Å². The molecule has 1 rings (SSSR count). The number of thiophene rings is 1. The van der Waals surface area contributed by atoms with Crippen LogP contribution in [0.5, 0.6) is 0 Å². The maximum absolute atomic E-state index is 3.70. The Balaban J connectivity index is 3.00. The molecule has 0 amide bonds. The second-order valence-electron chi connectivity index (χ2n) is 5.40. The largest absolute Gasteiger partial charge is 0.308 e. The van der Waals surface area contributed by atoms with Crippen LogP contribution in [0.25, 0.3) is 0 Å². The van der Waals surface area contributed by atoms with Crippen molar-refractivity contribution in [2.24, 2.45) is 0 Å². The molecule has 98 valence electrons. The van der Waals surface area contributed by atoms with Gasteiger partial charge in [-0.05, 0) is 64.8 Å². The van der Waals surface area contributed by atoms with Crippen LogP contribution in [0.4, 0.5) is 0 Å². The molecule has 3 heteroatoms. The van der Waals surface area contributed by atoms with Crippen LogP contribution in [0.1, 0.15) is 43.7 Å². The van der Waals surface area contributed by atoms with Gasteiger partial charge in [0.05, 0.1) is 6.04 Å². The molecule has 1 aromatic heterocycles. The second-order valence-corrected chi connectivity index (χ2v) is 6.35. The molecule has 0 aliphatic carbocycles. The zero-order chi connectivity index (χ0) is 13.1. The summed E-state index contributed by atoms with van der Waals surface area (Å²) in [7, 11) is 4.31. The van der Waals surface area contributed by atoms with Crippen molar-refractivity contribution in [3.8, 4) is 0 Å². The van der Waals surface area contributed by atoms with Crippen LogP contribution in [-0.2, 0) is 0 Å². The van der Waals surface area contributed by atoms with Crippen molar-refractivity contribution in [2.75, 3.05) is 20.6 Å². The molecule has 1 unspecified atom stereocenters. The molecule has 0 bridgehead atoms. The van der Waals surface area contributed by atoms with Gasteiger partial charge in [-0.1, -0.05) is 6.92 Å². The second kappa shape index (κ2) is 5.98. The molecule has 0 aliphatic rings. The number of likely N-dealkylation sites (N-methyl/N-ethyl adjacent to an activating group) is 1. The van der Waals surface area contributed by atoms with Crippen molar-refractivity contribution in [3.05, 3.63) is 21.9 Å². The molecule has 0 radical (unpaired) electrons. The highest BCUT2D eigenvalue weighted by Crippen LogP contribution is 2.34. The van der Waals surface area contributed by atoms with Crippen LogP contribution in [0.3, 0.4) is 0 Å². The maximum atomic E-state index is 3.70. The van der Waals surface area contributed by atoms with Gasteiger partial charge < -0.3 is 10.2 Å². The van der Waals surface area contributed by atoms with Gasteiger partial charge in [0.1, 0.15) is 0 Å². The summed E-state index contributed by atoms with van der Waals surface area (Å²) in [5.74, 6) is 0. The first-order valence-electron chi connectivity index (χ1n) is 6.36. The fourth-order valence-corrected chi connectivity index (χ4v) is 3.07. The lowest BCUT2D eigenvalue weighted by Crippen LogP contribution is -2.49. The predicted octanol–water partition coefficient (Wildman–Crippen LogP) is 3.44. The van der Waals surface area contributed by atoms with E-state index in [9.17, 15) is 0 Å². The molecular formula is C14H26N2S. The van der Waals surface area contributed by atoms with Gasteiger partial charge in [0, 0.05) is 10.4 Å². The Bertz CT molecular complexity index is 342. The van der Waals surface area contributed by atoms with Crippen molar-refractivity contribution >= 4 is 11.3 Å². The summed E-state index contributed by atoms with van der Waals surface area (Å²) in [5.41, 5.74) is 1.52. The van der Waals surface area contributed by atoms with E-state index in [2.05, 4.69) is 63.5 Å². The number of rotatable bonds is 6. The van der Waals surface area contributed by atoms with Gasteiger partial charge in [-0.15, -0.1) is 11.3 Å². The van der Waals surface area contributed by atoms with E-state index in [4.69, 9.17) is 0 Å². The summed E-state index contributed by atoms with van der Waals surface area (Å²) >= 11 is 1.86. The Kier molecular flexibility index (Phi) is 5.17. The van der Waals surface area contributed by atoms with E-state index >= 15 is 0 Å². The number of hydrogen-bond acceptors (Lipinski definition) is 3. The molecule has 0 fully saturated rings. The molecule has 0 spiro atoms. The third kappa shape index (κ3) is 3.30.